The van der Waals surface area contributed by atoms with Crippen LogP contribution in [0.2, 0.25) is 0 Å². The molecule has 0 amide bonds. The van der Waals surface area contributed by atoms with Crippen LogP contribution in [0.3, 0.4) is 0 Å². The van der Waals surface area contributed by atoms with Crippen LogP contribution in [0.1, 0.15) is 49.6 Å². The molecule has 258 valence electrons. The molecule has 4 nitrogen and oxygen atoms in total. The van der Waals surface area contributed by atoms with Crippen LogP contribution in [0.5, 0.6) is 0 Å². The third-order valence-electron chi connectivity index (χ3n) is 9.82. The maximum Gasteiger partial charge on any atom is 0.164 e. The Kier molecular flexibility index (Phi) is 4.58. The molecule has 0 radical (unpaired) electrons. The topological polar surface area (TPSA) is 51.8 Å². The average molecular weight is 719 g/mol. The second-order valence-corrected chi connectivity index (χ2v) is 13.0. The monoisotopic (exact) mass is 718 g/mol. The molecular weight excluding hydrogens is 671 g/mol. The molecule has 55 heavy (non-hydrogen) atoms. The molecule has 0 aliphatic heterocycles. The number of allylic oxidation sites excluding steroid dienone is 4. The number of hydrogen-bond donors (Lipinski definition) is 0. The van der Waals surface area contributed by atoms with E-state index in [-0.39, 0.29) is 50.9 Å². The van der Waals surface area contributed by atoms with Crippen LogP contribution < -0.4 is 0 Å². The van der Waals surface area contributed by atoms with E-state index in [0.29, 0.717) is 22.3 Å². The lowest BCUT2D eigenvalue weighted by molar-refractivity contribution is 0.669. The average Bonchev–Trinajstić information content (AvgIpc) is 3.75. The zero-order valence-corrected chi connectivity index (χ0v) is 28.6. The van der Waals surface area contributed by atoms with Crippen LogP contribution in [-0.4, -0.2) is 15.0 Å². The zero-order valence-electron chi connectivity index (χ0n) is 43.6. The number of para-hydroxylation sites is 1. The van der Waals surface area contributed by atoms with Crippen LogP contribution in [0.15, 0.2) is 186 Å². The highest BCUT2D eigenvalue weighted by Gasteiger charge is 2.30. The molecule has 0 fully saturated rings. The molecule has 9 aromatic rings. The van der Waals surface area contributed by atoms with Gasteiger partial charge >= 0.3 is 0 Å². The van der Waals surface area contributed by atoms with Crippen LogP contribution in [-0.2, 0) is 0 Å². The number of hydrogen-bond acceptors (Lipinski definition) is 4. The maximum atomic E-state index is 9.70. The number of rotatable bonds is 5. The molecule has 2 unspecified atom stereocenters. The van der Waals surface area contributed by atoms with E-state index in [1.165, 1.54) is 0 Å². The summed E-state index contributed by atoms with van der Waals surface area (Å²) >= 11 is 0. The Hall–Kier alpha value is -7.17. The summed E-state index contributed by atoms with van der Waals surface area (Å²) in [4.78, 5) is 14.3. The third kappa shape index (κ3) is 5.42. The van der Waals surface area contributed by atoms with Gasteiger partial charge in [-0.05, 0) is 74.7 Å². The van der Waals surface area contributed by atoms with E-state index in [1.807, 2.05) is 84.9 Å². The van der Waals surface area contributed by atoms with Crippen LogP contribution >= 0.6 is 0 Å². The van der Waals surface area contributed by atoms with Crippen molar-refractivity contribution in [1.29, 1.82) is 0 Å². The summed E-state index contributed by atoms with van der Waals surface area (Å²) in [5.41, 5.74) is 1.32. The maximum absolute atomic E-state index is 9.70. The van der Waals surface area contributed by atoms with Crippen molar-refractivity contribution in [3.8, 4) is 56.4 Å². The zero-order chi connectivity index (χ0) is 49.3. The Labute approximate surface area is 339 Å². The fraction of sp³-hybridized carbons (Fsp3) is 0.0392. The first-order valence-electron chi connectivity index (χ1n) is 25.1. The Bertz CT molecular complexity index is 3820. The molecule has 4 heteroatoms. The lowest BCUT2D eigenvalue weighted by Gasteiger charge is -2.32. The Morgan fingerprint density at radius 2 is 1.11 bits per heavy atom. The Morgan fingerprint density at radius 3 is 1.93 bits per heavy atom. The molecule has 2 aromatic heterocycles. The van der Waals surface area contributed by atoms with Crippen molar-refractivity contribution in [1.82, 2.24) is 15.0 Å². The molecule has 0 saturated heterocycles. The van der Waals surface area contributed by atoms with Crippen molar-refractivity contribution >= 4 is 33.1 Å². The number of aromatic nitrogens is 3. The van der Waals surface area contributed by atoms with Crippen molar-refractivity contribution in [2.75, 3.05) is 0 Å². The standard InChI is InChI=1S/C51H33N3O/c1-2-10-32(11-3-1)33-18-22-35(23-19-33)49-52-50(54-51(53-49)38-27-29-45-44-16-8-9-17-47(44)55-48(45)31-38)36-24-20-34(21-25-36)37-26-28-43-41-14-5-4-12-39(41)40-13-6-7-15-42(40)46(43)30-37/h1-27,29-31,43H,28H2/i4D,5D,6D,7D,12D,13D,14D,15D,20D,21D,24D,25D,26D,28D,30D. The summed E-state index contributed by atoms with van der Waals surface area (Å²) in [6.07, 6.45) is -1.81. The molecule has 11 rings (SSSR count). The predicted octanol–water partition coefficient (Wildman–Crippen LogP) is 13.1. The second kappa shape index (κ2) is 12.8. The van der Waals surface area contributed by atoms with Crippen LogP contribution in [0, 0.1) is 0 Å². The summed E-state index contributed by atoms with van der Waals surface area (Å²) < 4.78 is 142. The van der Waals surface area contributed by atoms with Crippen LogP contribution in [0.4, 0.5) is 0 Å². The quantitative estimate of drug-likeness (QED) is 0.178. The molecule has 0 saturated carbocycles. The van der Waals surface area contributed by atoms with Gasteiger partial charge in [-0.1, -0.05) is 163 Å². The first kappa shape index (κ1) is 19.8. The minimum atomic E-state index is -1.81. The molecular formula is C51H33N3O. The van der Waals surface area contributed by atoms with Gasteiger partial charge in [-0.25, -0.2) is 15.0 Å². The summed E-state index contributed by atoms with van der Waals surface area (Å²) in [5, 5.41) is 1.75. The van der Waals surface area contributed by atoms with Gasteiger partial charge in [0, 0.05) is 34.8 Å². The summed E-state index contributed by atoms with van der Waals surface area (Å²) in [5.74, 6) is -1.48. The van der Waals surface area contributed by atoms with Crippen molar-refractivity contribution in [2.45, 2.75) is 12.3 Å². The van der Waals surface area contributed by atoms with Gasteiger partial charge in [-0.3, -0.25) is 0 Å². The van der Waals surface area contributed by atoms with Crippen molar-refractivity contribution in [3.63, 3.8) is 0 Å². The summed E-state index contributed by atoms with van der Waals surface area (Å²) in [6, 6.07) is 20.7. The van der Waals surface area contributed by atoms with E-state index < -0.39 is 108 Å². The number of fused-ring (bicyclic) bond motifs is 9. The Balaban J connectivity index is 1.12. The van der Waals surface area contributed by atoms with Gasteiger partial charge in [0.25, 0.3) is 0 Å². The van der Waals surface area contributed by atoms with E-state index in [0.717, 1.165) is 21.9 Å². The summed E-state index contributed by atoms with van der Waals surface area (Å²) in [6.45, 7) is 0. The number of nitrogens with zero attached hydrogens (tertiary/aromatic N) is 3. The summed E-state index contributed by atoms with van der Waals surface area (Å²) in [7, 11) is 0. The molecule has 0 N–H and O–H groups in total. The van der Waals surface area contributed by atoms with Gasteiger partial charge in [-0.2, -0.15) is 0 Å². The van der Waals surface area contributed by atoms with E-state index in [4.69, 9.17) is 30.3 Å². The highest BCUT2D eigenvalue weighted by atomic mass is 16.3. The molecule has 2 aliphatic rings. The largest absolute Gasteiger partial charge is 0.456 e. The molecule has 0 spiro atoms. The number of benzene rings is 7. The Morgan fingerprint density at radius 1 is 0.509 bits per heavy atom. The molecule has 2 aliphatic carbocycles. The van der Waals surface area contributed by atoms with Gasteiger partial charge in [0.1, 0.15) is 11.2 Å². The van der Waals surface area contributed by atoms with Gasteiger partial charge in [0.15, 0.2) is 17.5 Å². The van der Waals surface area contributed by atoms with Gasteiger partial charge in [-0.15, -0.1) is 0 Å². The highest BCUT2D eigenvalue weighted by Crippen LogP contribution is 2.50. The molecule has 2 atom stereocenters. The molecule has 0 bridgehead atoms. The fourth-order valence-corrected chi connectivity index (χ4v) is 7.14. The third-order valence-corrected chi connectivity index (χ3v) is 9.82. The minimum Gasteiger partial charge on any atom is -0.456 e. The molecule has 7 aromatic carbocycles. The highest BCUT2D eigenvalue weighted by molar-refractivity contribution is 6.05. The van der Waals surface area contributed by atoms with E-state index >= 15 is 0 Å². The lowest BCUT2D eigenvalue weighted by Crippen LogP contribution is -2.12. The second-order valence-electron chi connectivity index (χ2n) is 13.0. The predicted molar refractivity (Wildman–Crippen MR) is 224 cm³/mol. The van der Waals surface area contributed by atoms with Gasteiger partial charge in [0.2, 0.25) is 0 Å². The van der Waals surface area contributed by atoms with E-state index in [9.17, 15) is 9.60 Å². The first-order chi connectivity index (χ1) is 33.5. The van der Waals surface area contributed by atoms with Crippen molar-refractivity contribution < 1.29 is 25.0 Å². The SMILES string of the molecule is [2H]C1=C2c3c([2H])c([2H])c([2H])c([2H])c3-c3c([2H])c([2H])c([2H])c([2H])c3C2C([2H])C([2H])=C1c1c([2H])c([2H])c(-c2nc(-c3ccc(-c4ccccc4)cc3)nc(-c3ccc4c(c3)oc3ccccc34)n2)c([2H])c1[2H]. The van der Waals surface area contributed by atoms with Crippen molar-refractivity contribution in [2.24, 2.45) is 0 Å². The van der Waals surface area contributed by atoms with Crippen molar-refractivity contribution in [3.05, 3.63) is 198 Å². The minimum absolute atomic E-state index is 0.124. The van der Waals surface area contributed by atoms with Crippen LogP contribution in [0.25, 0.3) is 89.5 Å². The fourth-order valence-electron chi connectivity index (χ4n) is 7.14. The normalized spacial score (nSPS) is 20.0. The number of furan rings is 1. The molecule has 2 heterocycles. The smallest absolute Gasteiger partial charge is 0.164 e. The lowest BCUT2D eigenvalue weighted by atomic mass is 9.71. The first-order valence-corrected chi connectivity index (χ1v) is 17.5. The van der Waals surface area contributed by atoms with Gasteiger partial charge < -0.3 is 4.42 Å². The van der Waals surface area contributed by atoms with E-state index in [1.54, 1.807) is 12.1 Å². The van der Waals surface area contributed by atoms with Gasteiger partial charge in [0.05, 0.1) is 19.2 Å². The van der Waals surface area contributed by atoms with E-state index in [2.05, 4.69) is 0 Å².